The van der Waals surface area contributed by atoms with E-state index in [9.17, 15) is 18.4 Å². The molecule has 2 aliphatic heterocycles. The Morgan fingerprint density at radius 2 is 2.03 bits per heavy atom. The Balaban J connectivity index is 1.36. The molecule has 0 saturated carbocycles. The van der Waals surface area contributed by atoms with Crippen molar-refractivity contribution in [3.8, 4) is 11.9 Å². The summed E-state index contributed by atoms with van der Waals surface area (Å²) in [4.78, 5) is 10.4. The molecule has 4 rings (SSSR count). The number of nitriles is 1. The molecule has 1 saturated heterocycles. The first-order chi connectivity index (χ1) is 14.4. The van der Waals surface area contributed by atoms with Crippen molar-refractivity contribution in [2.24, 2.45) is 5.92 Å². The first kappa shape index (κ1) is 20.4. The zero-order valence-electron chi connectivity index (χ0n) is 16.3. The van der Waals surface area contributed by atoms with Crippen molar-refractivity contribution < 1.29 is 22.6 Å². The zero-order chi connectivity index (χ0) is 21.1. The standard InChI is InChI=1S/C21H21F3N4O2/c22-21(23,24)18-2-1-3-19(27-18)30-12-14-4-7-28(8-5-14)20-15(11-25)10-16-13-29-9-6-17(16)26-20/h1-3,10,14H,4-9,12-13H2. The molecule has 0 atom stereocenters. The molecule has 0 N–H and O–H groups in total. The van der Waals surface area contributed by atoms with Gasteiger partial charge in [-0.15, -0.1) is 0 Å². The van der Waals surface area contributed by atoms with Gasteiger partial charge in [0.1, 0.15) is 17.6 Å². The number of anilines is 1. The Morgan fingerprint density at radius 1 is 1.23 bits per heavy atom. The average Bonchev–Trinajstić information content (AvgIpc) is 2.77. The van der Waals surface area contributed by atoms with Crippen LogP contribution in [0.2, 0.25) is 0 Å². The fourth-order valence-electron chi connectivity index (χ4n) is 3.77. The van der Waals surface area contributed by atoms with Gasteiger partial charge in [-0.1, -0.05) is 6.07 Å². The van der Waals surface area contributed by atoms with Crippen molar-refractivity contribution in [2.75, 3.05) is 31.2 Å². The summed E-state index contributed by atoms with van der Waals surface area (Å²) < 4.78 is 49.3. The van der Waals surface area contributed by atoms with E-state index in [-0.39, 0.29) is 11.8 Å². The molecule has 4 heterocycles. The molecule has 0 bridgehead atoms. The van der Waals surface area contributed by atoms with Crippen LogP contribution in [0.25, 0.3) is 0 Å². The molecule has 158 valence electrons. The smallest absolute Gasteiger partial charge is 0.433 e. The lowest BCUT2D eigenvalue weighted by molar-refractivity contribution is -0.141. The highest BCUT2D eigenvalue weighted by atomic mass is 19.4. The van der Waals surface area contributed by atoms with Crippen LogP contribution in [0.15, 0.2) is 24.3 Å². The molecular weight excluding hydrogens is 397 g/mol. The number of piperidine rings is 1. The molecule has 2 aromatic heterocycles. The second-order valence-electron chi connectivity index (χ2n) is 7.48. The van der Waals surface area contributed by atoms with Crippen LogP contribution in [0.1, 0.15) is 35.4 Å². The van der Waals surface area contributed by atoms with Gasteiger partial charge in [0.05, 0.1) is 31.1 Å². The van der Waals surface area contributed by atoms with Crippen molar-refractivity contribution in [1.82, 2.24) is 9.97 Å². The molecule has 6 nitrogen and oxygen atoms in total. The van der Waals surface area contributed by atoms with E-state index >= 15 is 0 Å². The Kier molecular flexibility index (Phi) is 5.77. The Labute approximate surface area is 172 Å². The predicted octanol–water partition coefficient (Wildman–Crippen LogP) is 3.74. The number of alkyl halides is 3. The minimum absolute atomic E-state index is 0.0161. The summed E-state index contributed by atoms with van der Waals surface area (Å²) >= 11 is 0. The third-order valence-corrected chi connectivity index (χ3v) is 5.43. The van der Waals surface area contributed by atoms with Gasteiger partial charge in [0.25, 0.3) is 0 Å². The highest BCUT2D eigenvalue weighted by molar-refractivity contribution is 5.56. The van der Waals surface area contributed by atoms with Crippen LogP contribution in [0.3, 0.4) is 0 Å². The Bertz CT molecular complexity index is 950. The number of rotatable bonds is 4. The lowest BCUT2D eigenvalue weighted by Gasteiger charge is -2.33. The van der Waals surface area contributed by atoms with Gasteiger partial charge in [-0.3, -0.25) is 0 Å². The molecule has 0 unspecified atom stereocenters. The first-order valence-corrected chi connectivity index (χ1v) is 9.86. The second-order valence-corrected chi connectivity index (χ2v) is 7.48. The van der Waals surface area contributed by atoms with E-state index in [1.54, 1.807) is 0 Å². The number of pyridine rings is 2. The Hall–Kier alpha value is -2.86. The summed E-state index contributed by atoms with van der Waals surface area (Å²) in [5.41, 5.74) is 1.54. The van der Waals surface area contributed by atoms with Crippen LogP contribution in [-0.4, -0.2) is 36.3 Å². The third kappa shape index (κ3) is 4.49. The van der Waals surface area contributed by atoms with E-state index in [0.29, 0.717) is 44.3 Å². The molecule has 30 heavy (non-hydrogen) atoms. The molecule has 0 radical (unpaired) electrons. The van der Waals surface area contributed by atoms with Gasteiger partial charge in [-0.2, -0.15) is 18.4 Å². The minimum atomic E-state index is -4.49. The number of hydrogen-bond acceptors (Lipinski definition) is 6. The number of ether oxygens (including phenoxy) is 2. The molecule has 1 fully saturated rings. The molecule has 0 aliphatic carbocycles. The van der Waals surface area contributed by atoms with E-state index in [4.69, 9.17) is 14.5 Å². The molecule has 0 spiro atoms. The summed E-state index contributed by atoms with van der Waals surface area (Å²) in [6, 6.07) is 7.76. The molecule has 2 aliphatic rings. The number of aromatic nitrogens is 2. The molecular formula is C21H21F3N4O2. The van der Waals surface area contributed by atoms with Crippen molar-refractivity contribution in [2.45, 2.75) is 32.0 Å². The summed E-state index contributed by atoms with van der Waals surface area (Å²) in [5, 5.41) is 9.53. The second kappa shape index (κ2) is 8.48. The molecule has 9 heteroatoms. The molecule has 2 aromatic rings. The zero-order valence-corrected chi connectivity index (χ0v) is 16.3. The third-order valence-electron chi connectivity index (χ3n) is 5.43. The summed E-state index contributed by atoms with van der Waals surface area (Å²) in [6.07, 6.45) is -2.16. The number of halogens is 3. The van der Waals surface area contributed by atoms with E-state index in [1.807, 2.05) is 6.07 Å². The summed E-state index contributed by atoms with van der Waals surface area (Å²) in [7, 11) is 0. The first-order valence-electron chi connectivity index (χ1n) is 9.86. The maximum absolute atomic E-state index is 12.8. The average molecular weight is 418 g/mol. The number of fused-ring (bicyclic) bond motifs is 1. The van der Waals surface area contributed by atoms with Gasteiger partial charge < -0.3 is 14.4 Å². The number of hydrogen-bond donors (Lipinski definition) is 0. The van der Waals surface area contributed by atoms with E-state index < -0.39 is 11.9 Å². The predicted molar refractivity (Wildman–Crippen MR) is 102 cm³/mol. The van der Waals surface area contributed by atoms with Crippen molar-refractivity contribution in [3.05, 3.63) is 46.8 Å². The lowest BCUT2D eigenvalue weighted by Crippen LogP contribution is -2.37. The Morgan fingerprint density at radius 3 is 2.77 bits per heavy atom. The van der Waals surface area contributed by atoms with E-state index in [2.05, 4.69) is 16.0 Å². The fourth-order valence-corrected chi connectivity index (χ4v) is 3.77. The topological polar surface area (TPSA) is 71.3 Å². The van der Waals surface area contributed by atoms with Gasteiger partial charge in [0.15, 0.2) is 0 Å². The lowest BCUT2D eigenvalue weighted by atomic mass is 9.97. The van der Waals surface area contributed by atoms with Gasteiger partial charge in [-0.25, -0.2) is 9.97 Å². The van der Waals surface area contributed by atoms with E-state index in [0.717, 1.165) is 36.6 Å². The van der Waals surface area contributed by atoms with Crippen LogP contribution in [0.4, 0.5) is 19.0 Å². The van der Waals surface area contributed by atoms with Gasteiger partial charge in [-0.05, 0) is 30.9 Å². The highest BCUT2D eigenvalue weighted by Crippen LogP contribution is 2.30. The van der Waals surface area contributed by atoms with Crippen LogP contribution < -0.4 is 9.64 Å². The SMILES string of the molecule is N#Cc1cc2c(nc1N1CCC(COc3cccc(C(F)(F)F)n3)CC1)CCOC2. The summed E-state index contributed by atoms with van der Waals surface area (Å²) in [5.74, 6) is 0.892. The fraction of sp³-hybridized carbons (Fsp3) is 0.476. The van der Waals surface area contributed by atoms with Gasteiger partial charge in [0, 0.05) is 31.1 Å². The van der Waals surface area contributed by atoms with E-state index in [1.165, 1.54) is 12.1 Å². The molecule has 0 aromatic carbocycles. The minimum Gasteiger partial charge on any atom is -0.477 e. The highest BCUT2D eigenvalue weighted by Gasteiger charge is 2.32. The van der Waals surface area contributed by atoms with Crippen LogP contribution in [0.5, 0.6) is 5.88 Å². The van der Waals surface area contributed by atoms with Crippen LogP contribution in [0, 0.1) is 17.2 Å². The normalized spacial score (nSPS) is 17.3. The van der Waals surface area contributed by atoms with Crippen molar-refractivity contribution in [3.63, 3.8) is 0 Å². The largest absolute Gasteiger partial charge is 0.477 e. The monoisotopic (exact) mass is 418 g/mol. The van der Waals surface area contributed by atoms with Crippen LogP contribution >= 0.6 is 0 Å². The molecule has 0 amide bonds. The van der Waals surface area contributed by atoms with Gasteiger partial charge in [0.2, 0.25) is 5.88 Å². The maximum atomic E-state index is 12.8. The maximum Gasteiger partial charge on any atom is 0.433 e. The van der Waals surface area contributed by atoms with Gasteiger partial charge >= 0.3 is 6.18 Å². The summed E-state index contributed by atoms with van der Waals surface area (Å²) in [6.45, 7) is 2.85. The van der Waals surface area contributed by atoms with Crippen molar-refractivity contribution in [1.29, 1.82) is 5.26 Å². The van der Waals surface area contributed by atoms with Crippen molar-refractivity contribution >= 4 is 5.82 Å². The van der Waals surface area contributed by atoms with Crippen LogP contribution in [-0.2, 0) is 23.9 Å². The quantitative estimate of drug-likeness (QED) is 0.754. The number of nitrogens with zero attached hydrogens (tertiary/aromatic N) is 4.